The van der Waals surface area contributed by atoms with Crippen molar-refractivity contribution in [2.75, 3.05) is 11.9 Å². The molecule has 3 N–H and O–H groups in total. The van der Waals surface area contributed by atoms with Gasteiger partial charge in [-0.25, -0.2) is 4.79 Å². The van der Waals surface area contributed by atoms with Crippen LogP contribution in [0.2, 0.25) is 0 Å². The lowest BCUT2D eigenvalue weighted by atomic mass is 9.98. The molecule has 1 saturated heterocycles. The molecule has 2 aromatic carbocycles. The Hall–Kier alpha value is -3.68. The molecule has 1 heterocycles. The average Bonchev–Trinajstić information content (AvgIpc) is 3.33. The molecule has 8 heteroatoms. The van der Waals surface area contributed by atoms with Gasteiger partial charge in [0, 0.05) is 6.54 Å². The Balaban J connectivity index is 1.40. The Morgan fingerprint density at radius 2 is 1.65 bits per heavy atom. The molecule has 4 rings (SSSR count). The molecular formula is C23H24N4O4. The number of hydrogen-bond acceptors (Lipinski definition) is 4. The fourth-order valence-corrected chi connectivity index (χ4v) is 4.13. The maximum Gasteiger partial charge on any atom is 0.325 e. The van der Waals surface area contributed by atoms with Gasteiger partial charge in [-0.3, -0.25) is 19.3 Å². The summed E-state index contributed by atoms with van der Waals surface area (Å²) in [6.07, 6.45) is 2.94. The number of carbonyl (C=O) groups is 4. The van der Waals surface area contributed by atoms with Crippen molar-refractivity contribution in [2.45, 2.75) is 37.8 Å². The first-order valence-electron chi connectivity index (χ1n) is 10.3. The number of anilines is 1. The van der Waals surface area contributed by atoms with E-state index in [1.807, 2.05) is 30.3 Å². The van der Waals surface area contributed by atoms with Gasteiger partial charge >= 0.3 is 6.03 Å². The topological polar surface area (TPSA) is 108 Å². The number of para-hydroxylation sites is 1. The Morgan fingerprint density at radius 3 is 2.39 bits per heavy atom. The van der Waals surface area contributed by atoms with E-state index in [2.05, 4.69) is 16.0 Å². The smallest absolute Gasteiger partial charge is 0.325 e. The lowest BCUT2D eigenvalue weighted by molar-refractivity contribution is -0.133. The van der Waals surface area contributed by atoms with Gasteiger partial charge in [0.2, 0.25) is 5.91 Å². The van der Waals surface area contributed by atoms with E-state index in [0.29, 0.717) is 30.6 Å². The highest BCUT2D eigenvalue weighted by Gasteiger charge is 2.52. The molecule has 31 heavy (non-hydrogen) atoms. The standard InChI is InChI=1S/C23H24N4O4/c28-19(15-27-21(30)23(26-22(27)31)12-6-7-13-23)25-18-11-5-4-10-17(18)20(29)24-14-16-8-2-1-3-9-16/h1-5,8-11H,6-7,12-15H2,(H,24,29)(H,25,28)(H,26,31). The molecule has 1 aliphatic carbocycles. The first-order chi connectivity index (χ1) is 15.0. The van der Waals surface area contributed by atoms with Crippen LogP contribution < -0.4 is 16.0 Å². The molecule has 0 bridgehead atoms. The summed E-state index contributed by atoms with van der Waals surface area (Å²) >= 11 is 0. The van der Waals surface area contributed by atoms with E-state index in [9.17, 15) is 19.2 Å². The molecule has 160 valence electrons. The number of rotatable bonds is 6. The third-order valence-corrected chi connectivity index (χ3v) is 5.75. The highest BCUT2D eigenvalue weighted by Crippen LogP contribution is 2.34. The van der Waals surface area contributed by atoms with Crippen LogP contribution >= 0.6 is 0 Å². The van der Waals surface area contributed by atoms with Crippen molar-refractivity contribution in [2.24, 2.45) is 0 Å². The number of benzene rings is 2. The minimum absolute atomic E-state index is 0.302. The predicted molar refractivity (Wildman–Crippen MR) is 114 cm³/mol. The molecule has 2 aliphatic rings. The first kappa shape index (κ1) is 20.6. The van der Waals surface area contributed by atoms with Crippen molar-refractivity contribution in [3.63, 3.8) is 0 Å². The van der Waals surface area contributed by atoms with E-state index >= 15 is 0 Å². The number of carbonyl (C=O) groups excluding carboxylic acids is 4. The van der Waals surface area contributed by atoms with Crippen LogP contribution in [0.1, 0.15) is 41.6 Å². The van der Waals surface area contributed by atoms with Crippen LogP contribution in [0.15, 0.2) is 54.6 Å². The molecule has 0 unspecified atom stereocenters. The van der Waals surface area contributed by atoms with Gasteiger partial charge in [0.25, 0.3) is 11.8 Å². The quantitative estimate of drug-likeness (QED) is 0.624. The van der Waals surface area contributed by atoms with E-state index in [1.54, 1.807) is 24.3 Å². The summed E-state index contributed by atoms with van der Waals surface area (Å²) in [5.41, 5.74) is 0.723. The molecule has 2 aromatic rings. The second kappa shape index (κ2) is 8.59. The number of urea groups is 1. The van der Waals surface area contributed by atoms with Crippen LogP contribution in [0.4, 0.5) is 10.5 Å². The number of nitrogens with one attached hydrogen (secondary N) is 3. The van der Waals surface area contributed by atoms with E-state index in [4.69, 9.17) is 0 Å². The normalized spacial score (nSPS) is 17.0. The zero-order valence-corrected chi connectivity index (χ0v) is 17.0. The summed E-state index contributed by atoms with van der Waals surface area (Å²) in [5, 5.41) is 8.25. The summed E-state index contributed by atoms with van der Waals surface area (Å²) in [6, 6.07) is 15.6. The first-order valence-corrected chi connectivity index (χ1v) is 10.3. The van der Waals surface area contributed by atoms with Crippen molar-refractivity contribution in [3.8, 4) is 0 Å². The van der Waals surface area contributed by atoms with Gasteiger partial charge in [-0.15, -0.1) is 0 Å². The second-order valence-electron chi connectivity index (χ2n) is 7.87. The fourth-order valence-electron chi connectivity index (χ4n) is 4.13. The van der Waals surface area contributed by atoms with Crippen molar-refractivity contribution in [3.05, 3.63) is 65.7 Å². The molecule has 0 aromatic heterocycles. The number of hydrogen-bond donors (Lipinski definition) is 3. The van der Waals surface area contributed by atoms with Gasteiger partial charge < -0.3 is 16.0 Å². The number of nitrogens with zero attached hydrogens (tertiary/aromatic N) is 1. The molecule has 1 spiro atoms. The van der Waals surface area contributed by atoms with Crippen molar-refractivity contribution >= 4 is 29.4 Å². The summed E-state index contributed by atoms with van der Waals surface area (Å²) in [7, 11) is 0. The SMILES string of the molecule is O=C(CN1C(=O)NC2(CCCC2)C1=O)Nc1ccccc1C(=O)NCc1ccccc1. The minimum atomic E-state index is -0.855. The van der Waals surface area contributed by atoms with Crippen LogP contribution in [0.3, 0.4) is 0 Å². The number of amides is 5. The predicted octanol–water partition coefficient (Wildman–Crippen LogP) is 2.42. The van der Waals surface area contributed by atoms with Gasteiger partial charge in [-0.05, 0) is 30.5 Å². The van der Waals surface area contributed by atoms with E-state index < -0.39 is 24.0 Å². The molecule has 5 amide bonds. The highest BCUT2D eigenvalue weighted by atomic mass is 16.2. The third-order valence-electron chi connectivity index (χ3n) is 5.75. The molecule has 2 fully saturated rings. The third kappa shape index (κ3) is 4.28. The van der Waals surface area contributed by atoms with E-state index in [-0.39, 0.29) is 11.8 Å². The van der Waals surface area contributed by atoms with E-state index in [1.165, 1.54) is 0 Å². The van der Waals surface area contributed by atoms with Crippen molar-refractivity contribution in [1.29, 1.82) is 0 Å². The van der Waals surface area contributed by atoms with Gasteiger partial charge in [-0.2, -0.15) is 0 Å². The molecule has 1 aliphatic heterocycles. The molecule has 1 saturated carbocycles. The monoisotopic (exact) mass is 420 g/mol. The molecule has 0 radical (unpaired) electrons. The average molecular weight is 420 g/mol. The minimum Gasteiger partial charge on any atom is -0.348 e. The van der Waals surface area contributed by atoms with Gasteiger partial charge in [0.15, 0.2) is 0 Å². The maximum atomic E-state index is 12.7. The summed E-state index contributed by atoms with van der Waals surface area (Å²) in [6.45, 7) is -0.0428. The highest BCUT2D eigenvalue weighted by molar-refractivity contribution is 6.11. The van der Waals surface area contributed by atoms with Crippen LogP contribution in [0, 0.1) is 0 Å². The van der Waals surface area contributed by atoms with Gasteiger partial charge in [-0.1, -0.05) is 55.3 Å². The Bertz CT molecular complexity index is 1020. The molecular weight excluding hydrogens is 396 g/mol. The zero-order chi connectivity index (χ0) is 21.8. The number of imide groups is 1. The Kier molecular flexibility index (Phi) is 5.70. The lowest BCUT2D eigenvalue weighted by Crippen LogP contribution is -2.44. The molecule has 0 atom stereocenters. The summed E-state index contributed by atoms with van der Waals surface area (Å²) < 4.78 is 0. The van der Waals surface area contributed by atoms with E-state index in [0.717, 1.165) is 23.3 Å². The Labute approximate surface area is 180 Å². The van der Waals surface area contributed by atoms with Gasteiger partial charge in [0.1, 0.15) is 12.1 Å². The molecule has 8 nitrogen and oxygen atoms in total. The Morgan fingerprint density at radius 1 is 0.968 bits per heavy atom. The summed E-state index contributed by atoms with van der Waals surface area (Å²) in [4.78, 5) is 51.2. The lowest BCUT2D eigenvalue weighted by Gasteiger charge is -2.20. The van der Waals surface area contributed by atoms with Crippen LogP contribution in [0.25, 0.3) is 0 Å². The summed E-state index contributed by atoms with van der Waals surface area (Å²) in [5.74, 6) is -1.22. The van der Waals surface area contributed by atoms with Crippen molar-refractivity contribution in [1.82, 2.24) is 15.5 Å². The van der Waals surface area contributed by atoms with Crippen LogP contribution in [0.5, 0.6) is 0 Å². The zero-order valence-electron chi connectivity index (χ0n) is 17.0. The fraction of sp³-hybridized carbons (Fsp3) is 0.304. The van der Waals surface area contributed by atoms with Crippen LogP contribution in [-0.2, 0) is 16.1 Å². The maximum absolute atomic E-state index is 12.7. The van der Waals surface area contributed by atoms with Crippen LogP contribution in [-0.4, -0.2) is 40.7 Å². The largest absolute Gasteiger partial charge is 0.348 e. The second-order valence-corrected chi connectivity index (χ2v) is 7.87. The van der Waals surface area contributed by atoms with Gasteiger partial charge in [0.05, 0.1) is 11.3 Å². The van der Waals surface area contributed by atoms with Crippen molar-refractivity contribution < 1.29 is 19.2 Å².